The molecule has 0 amide bonds. The van der Waals surface area contributed by atoms with Gasteiger partial charge in [0, 0.05) is 0 Å². The first-order valence-corrected chi connectivity index (χ1v) is 16.1. The van der Waals surface area contributed by atoms with Gasteiger partial charge in [-0.2, -0.15) is 0 Å². The van der Waals surface area contributed by atoms with Crippen LogP contribution in [-0.4, -0.2) is 47.6 Å². The first kappa shape index (κ1) is 27.8. The van der Waals surface area contributed by atoms with Crippen molar-refractivity contribution >= 4 is 22.6 Å². The summed E-state index contributed by atoms with van der Waals surface area (Å²) in [6, 6.07) is 0. The highest BCUT2D eigenvalue weighted by Crippen LogP contribution is 2.46. The van der Waals surface area contributed by atoms with Gasteiger partial charge in [0.25, 0.3) is 0 Å². The third kappa shape index (κ3) is 5.04. The van der Waals surface area contributed by atoms with Crippen molar-refractivity contribution < 1.29 is 22.8 Å². The zero-order valence-corrected chi connectivity index (χ0v) is 23.4. The Balaban J connectivity index is 3.22. The fourth-order valence-electron chi connectivity index (χ4n) is 6.24. The van der Waals surface area contributed by atoms with Crippen LogP contribution in [0.5, 0.6) is 0 Å². The molecule has 1 aliphatic rings. The fraction of sp³-hybridized carbons (Fsp3) is 0.957. The zero-order chi connectivity index (χ0) is 23.6. The molecular weight excluding hydrogens is 415 g/mol. The Bertz CT molecular complexity index is 520. The molecule has 0 aromatic rings. The maximum Gasteiger partial charge on any atom is 0.344 e. The highest BCUT2D eigenvalue weighted by molar-refractivity contribution is 6.78. The van der Waals surface area contributed by atoms with E-state index in [0.717, 1.165) is 0 Å². The van der Waals surface area contributed by atoms with E-state index in [-0.39, 0.29) is 6.61 Å². The van der Waals surface area contributed by atoms with Crippen molar-refractivity contribution in [2.24, 2.45) is 0 Å². The van der Waals surface area contributed by atoms with Crippen molar-refractivity contribution in [1.82, 2.24) is 0 Å². The van der Waals surface area contributed by atoms with Crippen molar-refractivity contribution in [2.75, 3.05) is 6.61 Å². The molecule has 0 aromatic carbocycles. The SMILES string of the molecule is CC(C)[Si](OC[C@H]1OC(=O)[C@@H](F)[C@@H]1O[Si](C(C)C)(C(C)C)C(C)C)(C(C)C)C(C)C. The molecule has 30 heavy (non-hydrogen) atoms. The smallest absolute Gasteiger partial charge is 0.344 e. The maximum atomic E-state index is 15.0. The molecule has 0 aliphatic carbocycles. The Morgan fingerprint density at radius 1 is 0.767 bits per heavy atom. The van der Waals surface area contributed by atoms with Gasteiger partial charge in [-0.3, -0.25) is 0 Å². The van der Waals surface area contributed by atoms with Crippen LogP contribution in [0.4, 0.5) is 4.39 Å². The van der Waals surface area contributed by atoms with Gasteiger partial charge in [0.1, 0.15) is 6.10 Å². The van der Waals surface area contributed by atoms with Crippen LogP contribution < -0.4 is 0 Å². The molecule has 1 fully saturated rings. The number of halogens is 1. The van der Waals surface area contributed by atoms with Crippen molar-refractivity contribution in [1.29, 1.82) is 0 Å². The summed E-state index contributed by atoms with van der Waals surface area (Å²) >= 11 is 0. The molecule has 0 bridgehead atoms. The molecule has 1 rings (SSSR count). The van der Waals surface area contributed by atoms with Crippen LogP contribution in [0.3, 0.4) is 0 Å². The lowest BCUT2D eigenvalue weighted by atomic mass is 10.2. The number of hydrogen-bond donors (Lipinski definition) is 0. The van der Waals surface area contributed by atoms with E-state index in [9.17, 15) is 4.79 Å². The van der Waals surface area contributed by atoms with E-state index in [1.165, 1.54) is 0 Å². The average molecular weight is 463 g/mol. The van der Waals surface area contributed by atoms with E-state index in [4.69, 9.17) is 13.6 Å². The highest BCUT2D eigenvalue weighted by Gasteiger charge is 2.55. The number of rotatable bonds is 11. The first-order valence-electron chi connectivity index (χ1n) is 11.8. The first-order chi connectivity index (χ1) is 13.7. The Morgan fingerprint density at radius 3 is 1.47 bits per heavy atom. The third-order valence-electron chi connectivity index (χ3n) is 7.40. The van der Waals surface area contributed by atoms with Crippen LogP contribution in [0.1, 0.15) is 83.1 Å². The standard InChI is InChI=1S/C23H47FO4Si2/c1-14(2)29(15(3)4,16(5)6)26-13-20-22(21(24)23(25)27-20)28-30(17(7)8,18(9)10)19(11)12/h14-22H,13H2,1-12H3/t20-,21+,22-/m1/s1. The summed E-state index contributed by atoms with van der Waals surface area (Å²) in [5.74, 6) is -0.807. The van der Waals surface area contributed by atoms with E-state index in [0.29, 0.717) is 33.2 Å². The van der Waals surface area contributed by atoms with Crippen LogP contribution in [0.25, 0.3) is 0 Å². The Morgan fingerprint density at radius 2 is 1.13 bits per heavy atom. The molecule has 1 heterocycles. The van der Waals surface area contributed by atoms with Gasteiger partial charge in [-0.15, -0.1) is 0 Å². The molecule has 4 nitrogen and oxygen atoms in total. The summed E-state index contributed by atoms with van der Waals surface area (Å²) in [7, 11) is -4.51. The van der Waals surface area contributed by atoms with E-state index in [2.05, 4.69) is 83.1 Å². The predicted octanol–water partition coefficient (Wildman–Crippen LogP) is 7.00. The largest absolute Gasteiger partial charge is 0.455 e. The molecule has 0 N–H and O–H groups in total. The normalized spacial score (nSPS) is 23.7. The molecule has 178 valence electrons. The van der Waals surface area contributed by atoms with Crippen LogP contribution in [-0.2, 0) is 18.4 Å². The number of ether oxygens (including phenoxy) is 1. The van der Waals surface area contributed by atoms with Crippen molar-refractivity contribution in [2.45, 2.75) is 135 Å². The van der Waals surface area contributed by atoms with Gasteiger partial charge in [0.15, 0.2) is 6.10 Å². The van der Waals surface area contributed by atoms with Gasteiger partial charge in [-0.05, 0) is 33.2 Å². The molecule has 1 saturated heterocycles. The van der Waals surface area contributed by atoms with Gasteiger partial charge in [-0.1, -0.05) is 83.1 Å². The molecule has 0 spiro atoms. The number of esters is 1. The summed E-state index contributed by atoms with van der Waals surface area (Å²) in [6.07, 6.45) is -3.30. The lowest BCUT2D eigenvalue weighted by molar-refractivity contribution is -0.145. The predicted molar refractivity (Wildman–Crippen MR) is 128 cm³/mol. The van der Waals surface area contributed by atoms with Gasteiger partial charge >= 0.3 is 5.97 Å². The maximum absolute atomic E-state index is 15.0. The Labute approximate surface area is 186 Å². The van der Waals surface area contributed by atoms with Crippen LogP contribution >= 0.6 is 0 Å². The number of carbonyl (C=O) groups excluding carboxylic acids is 1. The van der Waals surface area contributed by atoms with Gasteiger partial charge in [-0.25, -0.2) is 9.18 Å². The lowest BCUT2D eigenvalue weighted by Crippen LogP contribution is -2.55. The average Bonchev–Trinajstić information content (AvgIpc) is 2.85. The number of cyclic esters (lactones) is 1. The molecule has 7 heteroatoms. The minimum atomic E-state index is -2.36. The molecule has 0 aromatic heterocycles. The number of alkyl halides is 1. The quantitative estimate of drug-likeness (QED) is 0.245. The third-order valence-corrected chi connectivity index (χ3v) is 19.6. The second kappa shape index (κ2) is 10.6. The summed E-state index contributed by atoms with van der Waals surface area (Å²) in [5, 5.41) is 0. The van der Waals surface area contributed by atoms with E-state index < -0.39 is 41.0 Å². The van der Waals surface area contributed by atoms with Crippen LogP contribution in [0.2, 0.25) is 33.2 Å². The molecule has 0 unspecified atom stereocenters. The Hall–Kier alpha value is -0.246. The topological polar surface area (TPSA) is 44.8 Å². The fourth-order valence-corrected chi connectivity index (χ4v) is 17.3. The lowest BCUT2D eigenvalue weighted by Gasteiger charge is -2.45. The second-order valence-corrected chi connectivity index (χ2v) is 21.8. The van der Waals surface area contributed by atoms with Gasteiger partial charge in [0.2, 0.25) is 22.8 Å². The van der Waals surface area contributed by atoms with Crippen molar-refractivity contribution in [3.63, 3.8) is 0 Å². The molecule has 0 radical (unpaired) electrons. The van der Waals surface area contributed by atoms with E-state index in [1.54, 1.807) is 0 Å². The van der Waals surface area contributed by atoms with E-state index in [1.807, 2.05) is 0 Å². The Kier molecular flexibility index (Phi) is 9.80. The summed E-state index contributed by atoms with van der Waals surface area (Å²) in [6.45, 7) is 26.5. The van der Waals surface area contributed by atoms with Crippen LogP contribution in [0.15, 0.2) is 0 Å². The zero-order valence-electron chi connectivity index (χ0n) is 21.4. The number of carbonyl (C=O) groups is 1. The van der Waals surface area contributed by atoms with Crippen molar-refractivity contribution in [3.8, 4) is 0 Å². The second-order valence-electron chi connectivity index (χ2n) is 10.9. The van der Waals surface area contributed by atoms with Crippen LogP contribution in [0, 0.1) is 0 Å². The summed E-state index contributed by atoms with van der Waals surface area (Å²) in [5.41, 5.74) is 2.13. The highest BCUT2D eigenvalue weighted by atomic mass is 28.4. The monoisotopic (exact) mass is 462 g/mol. The summed E-state index contributed by atoms with van der Waals surface area (Å²) in [4.78, 5) is 12.2. The van der Waals surface area contributed by atoms with Gasteiger partial charge < -0.3 is 13.6 Å². The molecule has 1 aliphatic heterocycles. The van der Waals surface area contributed by atoms with E-state index >= 15 is 4.39 Å². The molecule has 0 saturated carbocycles. The van der Waals surface area contributed by atoms with Gasteiger partial charge in [0.05, 0.1) is 6.61 Å². The molecule has 3 atom stereocenters. The number of hydrogen-bond acceptors (Lipinski definition) is 4. The molecular formula is C23H47FO4Si2. The summed E-state index contributed by atoms with van der Waals surface area (Å²) < 4.78 is 33.8. The minimum Gasteiger partial charge on any atom is -0.455 e. The minimum absolute atomic E-state index is 0.219. The van der Waals surface area contributed by atoms with Crippen molar-refractivity contribution in [3.05, 3.63) is 0 Å².